The van der Waals surface area contributed by atoms with Crippen molar-refractivity contribution in [2.45, 2.75) is 25.0 Å². The van der Waals surface area contributed by atoms with E-state index in [2.05, 4.69) is 10.6 Å². The van der Waals surface area contributed by atoms with E-state index in [9.17, 15) is 9.59 Å². The number of carbonyl (C=O) groups excluding carboxylic acids is 2. The maximum absolute atomic E-state index is 12.7. The fourth-order valence-corrected chi connectivity index (χ4v) is 4.14. The van der Waals surface area contributed by atoms with Crippen LogP contribution < -0.4 is 20.1 Å². The Morgan fingerprint density at radius 2 is 1.79 bits per heavy atom. The van der Waals surface area contributed by atoms with Gasteiger partial charge in [-0.3, -0.25) is 9.59 Å². The highest BCUT2D eigenvalue weighted by atomic mass is 32.2. The smallest absolute Gasteiger partial charge is 0.262 e. The summed E-state index contributed by atoms with van der Waals surface area (Å²) in [7, 11) is 3.14. The lowest BCUT2D eigenvalue weighted by atomic mass is 10.1. The zero-order valence-electron chi connectivity index (χ0n) is 19.1. The third kappa shape index (κ3) is 6.28. The Labute approximate surface area is 197 Å². The summed E-state index contributed by atoms with van der Waals surface area (Å²) < 4.78 is 21.5. The van der Waals surface area contributed by atoms with Crippen molar-refractivity contribution in [1.82, 2.24) is 5.32 Å². The van der Waals surface area contributed by atoms with Crippen molar-refractivity contribution in [3.63, 3.8) is 0 Å². The van der Waals surface area contributed by atoms with Crippen molar-refractivity contribution < 1.29 is 28.5 Å². The quantitative estimate of drug-likeness (QED) is 0.400. The van der Waals surface area contributed by atoms with Crippen LogP contribution in [0.5, 0.6) is 11.5 Å². The molecule has 1 heterocycles. The third-order valence-corrected chi connectivity index (χ3v) is 5.87. The lowest BCUT2D eigenvalue weighted by Gasteiger charge is -2.20. The van der Waals surface area contributed by atoms with E-state index in [1.165, 1.54) is 11.8 Å². The minimum Gasteiger partial charge on any atom is -0.493 e. The minimum atomic E-state index is -0.499. The molecule has 3 rings (SSSR count). The largest absolute Gasteiger partial charge is 0.493 e. The van der Waals surface area contributed by atoms with Crippen LogP contribution >= 0.6 is 11.8 Å². The standard InChI is InChI=1S/C24H28N2O6S/c1-5-31-22(32-6-2)14-25-23(27)16-8-10-20-17(13-16)26-24(28)21(33-20)12-15-7-9-18(29-3)19(11-15)30-4/h7-13,22H,5-6,14H2,1-4H3,(H,25,27)(H,26,28)/b21-12+. The molecule has 33 heavy (non-hydrogen) atoms. The second-order valence-corrected chi connectivity index (χ2v) is 8.02. The van der Waals surface area contributed by atoms with Crippen molar-refractivity contribution >= 4 is 35.3 Å². The molecule has 2 aromatic carbocycles. The first-order chi connectivity index (χ1) is 16.0. The van der Waals surface area contributed by atoms with E-state index in [1.54, 1.807) is 44.6 Å². The predicted octanol–water partition coefficient (Wildman–Crippen LogP) is 3.92. The van der Waals surface area contributed by atoms with Crippen LogP contribution in [0, 0.1) is 0 Å². The highest BCUT2D eigenvalue weighted by molar-refractivity contribution is 8.04. The van der Waals surface area contributed by atoms with E-state index in [0.717, 1.165) is 10.5 Å². The van der Waals surface area contributed by atoms with Crippen LogP contribution in [0.2, 0.25) is 0 Å². The summed E-state index contributed by atoms with van der Waals surface area (Å²) in [5.41, 5.74) is 1.84. The van der Waals surface area contributed by atoms with Crippen LogP contribution in [0.4, 0.5) is 5.69 Å². The number of nitrogens with one attached hydrogen (secondary N) is 2. The van der Waals surface area contributed by atoms with E-state index in [1.807, 2.05) is 26.0 Å². The lowest BCUT2D eigenvalue weighted by Crippen LogP contribution is -2.35. The van der Waals surface area contributed by atoms with Crippen molar-refractivity contribution in [2.75, 3.05) is 39.3 Å². The van der Waals surface area contributed by atoms with Crippen molar-refractivity contribution in [3.05, 3.63) is 52.4 Å². The number of carbonyl (C=O) groups is 2. The maximum atomic E-state index is 12.7. The van der Waals surface area contributed by atoms with Crippen molar-refractivity contribution in [3.8, 4) is 11.5 Å². The molecule has 176 valence electrons. The first-order valence-corrected chi connectivity index (χ1v) is 11.4. The molecule has 1 aliphatic heterocycles. The minimum absolute atomic E-state index is 0.233. The number of thioether (sulfide) groups is 1. The number of amides is 2. The average Bonchev–Trinajstić information content (AvgIpc) is 2.82. The molecular weight excluding hydrogens is 444 g/mol. The Hall–Kier alpha value is -3.01. The monoisotopic (exact) mass is 472 g/mol. The zero-order chi connectivity index (χ0) is 23.8. The molecule has 0 spiro atoms. The van der Waals surface area contributed by atoms with Crippen LogP contribution in [-0.2, 0) is 14.3 Å². The van der Waals surface area contributed by atoms with Gasteiger partial charge in [0.25, 0.3) is 11.8 Å². The van der Waals surface area contributed by atoms with Gasteiger partial charge in [0.05, 0.1) is 31.4 Å². The van der Waals surface area contributed by atoms with Crippen LogP contribution in [0.1, 0.15) is 29.8 Å². The van der Waals surface area contributed by atoms with Gasteiger partial charge in [0, 0.05) is 23.7 Å². The average molecular weight is 473 g/mol. The molecule has 0 unspecified atom stereocenters. The molecule has 2 amide bonds. The van der Waals surface area contributed by atoms with Gasteiger partial charge in [-0.1, -0.05) is 17.8 Å². The second kappa shape index (κ2) is 11.7. The number of anilines is 1. The summed E-state index contributed by atoms with van der Waals surface area (Å²) in [5, 5.41) is 5.68. The van der Waals surface area contributed by atoms with E-state index in [4.69, 9.17) is 18.9 Å². The Bertz CT molecular complexity index is 1030. The molecule has 0 atom stereocenters. The normalized spacial score (nSPS) is 14.1. The number of fused-ring (bicyclic) bond motifs is 1. The Morgan fingerprint density at radius 3 is 2.45 bits per heavy atom. The van der Waals surface area contributed by atoms with E-state index in [-0.39, 0.29) is 18.4 Å². The number of hydrogen-bond acceptors (Lipinski definition) is 7. The molecule has 2 N–H and O–H groups in total. The molecule has 0 fully saturated rings. The van der Waals surface area contributed by atoms with Gasteiger partial charge in [0.1, 0.15) is 0 Å². The summed E-state index contributed by atoms with van der Waals surface area (Å²) in [6, 6.07) is 10.7. The molecule has 1 aliphatic rings. The molecule has 0 saturated heterocycles. The lowest BCUT2D eigenvalue weighted by molar-refractivity contribution is -0.131. The Balaban J connectivity index is 1.72. The van der Waals surface area contributed by atoms with Gasteiger partial charge in [-0.25, -0.2) is 0 Å². The summed E-state index contributed by atoms with van der Waals surface area (Å²) in [6.45, 7) is 4.94. The predicted molar refractivity (Wildman–Crippen MR) is 128 cm³/mol. The van der Waals surface area contributed by atoms with Crippen LogP contribution in [0.25, 0.3) is 6.08 Å². The summed E-state index contributed by atoms with van der Waals surface area (Å²) in [4.78, 5) is 26.6. The number of rotatable bonds is 10. The van der Waals surface area contributed by atoms with E-state index in [0.29, 0.717) is 40.9 Å². The zero-order valence-corrected chi connectivity index (χ0v) is 19.9. The molecule has 8 nitrogen and oxygen atoms in total. The Morgan fingerprint density at radius 1 is 1.06 bits per heavy atom. The SMILES string of the molecule is CCOC(CNC(=O)c1ccc2c(c1)NC(=O)/C(=C\c1ccc(OC)c(OC)c1)S2)OCC. The topological polar surface area (TPSA) is 95.1 Å². The molecule has 0 bridgehead atoms. The third-order valence-electron chi connectivity index (χ3n) is 4.77. The molecule has 0 aliphatic carbocycles. The first-order valence-electron chi connectivity index (χ1n) is 10.6. The van der Waals surface area contributed by atoms with Gasteiger partial charge in [-0.05, 0) is 55.8 Å². The van der Waals surface area contributed by atoms with E-state index >= 15 is 0 Å². The number of benzene rings is 2. The number of methoxy groups -OCH3 is 2. The van der Waals surface area contributed by atoms with Gasteiger partial charge in [-0.15, -0.1) is 0 Å². The highest BCUT2D eigenvalue weighted by Crippen LogP contribution is 2.40. The van der Waals surface area contributed by atoms with Crippen LogP contribution in [0.15, 0.2) is 46.2 Å². The van der Waals surface area contributed by atoms with Gasteiger partial charge in [0.2, 0.25) is 0 Å². The number of ether oxygens (including phenoxy) is 4. The van der Waals surface area contributed by atoms with Crippen molar-refractivity contribution in [2.24, 2.45) is 0 Å². The molecular formula is C24H28N2O6S. The van der Waals surface area contributed by atoms with Crippen LogP contribution in [-0.4, -0.2) is 52.1 Å². The first kappa shape index (κ1) is 24.6. The fraction of sp³-hybridized carbons (Fsp3) is 0.333. The van der Waals surface area contributed by atoms with Crippen molar-refractivity contribution in [1.29, 1.82) is 0 Å². The summed E-state index contributed by atoms with van der Waals surface area (Å²) in [6.07, 6.45) is 1.29. The number of hydrogen-bond donors (Lipinski definition) is 2. The van der Waals surface area contributed by atoms with E-state index < -0.39 is 6.29 Å². The molecule has 2 aromatic rings. The Kier molecular flexibility index (Phi) is 8.76. The molecule has 9 heteroatoms. The molecule has 0 saturated carbocycles. The van der Waals surface area contributed by atoms with Gasteiger partial charge in [0.15, 0.2) is 17.8 Å². The molecule has 0 aromatic heterocycles. The van der Waals surface area contributed by atoms with Gasteiger partial charge in [-0.2, -0.15) is 0 Å². The molecule has 0 radical (unpaired) electrons. The summed E-state index contributed by atoms with van der Waals surface area (Å²) in [5.74, 6) is 0.686. The highest BCUT2D eigenvalue weighted by Gasteiger charge is 2.23. The summed E-state index contributed by atoms with van der Waals surface area (Å²) >= 11 is 1.34. The van der Waals surface area contributed by atoms with Crippen LogP contribution in [0.3, 0.4) is 0 Å². The second-order valence-electron chi connectivity index (χ2n) is 6.94. The van der Waals surface area contributed by atoms with Gasteiger partial charge >= 0.3 is 0 Å². The maximum Gasteiger partial charge on any atom is 0.262 e. The van der Waals surface area contributed by atoms with Gasteiger partial charge < -0.3 is 29.6 Å². The fourth-order valence-electron chi connectivity index (χ4n) is 3.21.